The predicted molar refractivity (Wildman–Crippen MR) is 121 cm³/mol. The average molecular weight is 429 g/mol. The lowest BCUT2D eigenvalue weighted by molar-refractivity contribution is 0.103. The first-order valence-corrected chi connectivity index (χ1v) is 10.2. The number of phenols is 1. The van der Waals surface area contributed by atoms with Gasteiger partial charge in [-0.25, -0.2) is 4.79 Å². The van der Waals surface area contributed by atoms with E-state index < -0.39 is 6.09 Å². The van der Waals surface area contributed by atoms with Crippen molar-refractivity contribution in [3.05, 3.63) is 71.3 Å². The van der Waals surface area contributed by atoms with E-state index in [-0.39, 0.29) is 11.6 Å². The van der Waals surface area contributed by atoms with Crippen LogP contribution in [-0.2, 0) is 6.54 Å². The highest BCUT2D eigenvalue weighted by atomic mass is 16.4. The van der Waals surface area contributed by atoms with Gasteiger partial charge in [0.15, 0.2) is 5.82 Å². The van der Waals surface area contributed by atoms with Crippen molar-refractivity contribution in [3.63, 3.8) is 0 Å². The molecule has 2 aromatic carbocycles. The Labute approximate surface area is 185 Å². The Morgan fingerprint density at radius 3 is 2.53 bits per heavy atom. The molecule has 0 bridgehead atoms. The summed E-state index contributed by atoms with van der Waals surface area (Å²) in [4.78, 5) is 14.7. The number of phenolic OH excluding ortho intramolecular Hbond substituents is 1. The highest BCUT2D eigenvalue weighted by Crippen LogP contribution is 2.27. The van der Waals surface area contributed by atoms with Crippen molar-refractivity contribution in [1.29, 1.82) is 0 Å². The molecule has 8 nitrogen and oxygen atoms in total. The summed E-state index contributed by atoms with van der Waals surface area (Å²) < 4.78 is 0. The second-order valence-corrected chi connectivity index (χ2v) is 7.54. The van der Waals surface area contributed by atoms with Gasteiger partial charge in [0.05, 0.1) is 11.3 Å². The number of aromatic hydroxyl groups is 1. The quantitative estimate of drug-likeness (QED) is 0.548. The third-order valence-corrected chi connectivity index (χ3v) is 5.32. The molecule has 162 valence electrons. The van der Waals surface area contributed by atoms with Gasteiger partial charge in [-0.3, -0.25) is 4.90 Å². The standard InChI is InChI=1S/C24H23N5O3/c25-23-19(15-21(26-27-23)20-6-1-2-7-22(20)30)9-8-17-4-3-5-18(14-17)16-28-10-12-29(13-11-28)24(31)32/h1-7,14-15,30H,10-13,16H2,(H2,25,27)(H,31,32). The van der Waals surface area contributed by atoms with E-state index in [0.29, 0.717) is 43.0 Å². The van der Waals surface area contributed by atoms with Crippen molar-refractivity contribution in [1.82, 2.24) is 20.0 Å². The molecule has 32 heavy (non-hydrogen) atoms. The molecule has 1 aliphatic heterocycles. The summed E-state index contributed by atoms with van der Waals surface area (Å²) in [6.07, 6.45) is -0.863. The number of para-hydroxylation sites is 1. The Bertz CT molecular complexity index is 1190. The molecule has 1 saturated heterocycles. The van der Waals surface area contributed by atoms with Crippen molar-refractivity contribution in [2.45, 2.75) is 6.54 Å². The van der Waals surface area contributed by atoms with Crippen molar-refractivity contribution < 1.29 is 15.0 Å². The molecule has 0 atom stereocenters. The van der Waals surface area contributed by atoms with E-state index in [9.17, 15) is 9.90 Å². The fraction of sp³-hybridized carbons (Fsp3) is 0.208. The lowest BCUT2D eigenvalue weighted by Crippen LogP contribution is -2.47. The molecule has 8 heteroatoms. The molecule has 0 aliphatic carbocycles. The zero-order chi connectivity index (χ0) is 22.5. The zero-order valence-corrected chi connectivity index (χ0v) is 17.4. The minimum absolute atomic E-state index is 0.113. The molecule has 1 aromatic heterocycles. The first-order valence-electron chi connectivity index (χ1n) is 10.2. The molecule has 0 saturated carbocycles. The average Bonchev–Trinajstić information content (AvgIpc) is 2.80. The highest BCUT2D eigenvalue weighted by molar-refractivity contribution is 5.69. The van der Waals surface area contributed by atoms with Crippen molar-refractivity contribution >= 4 is 11.9 Å². The molecule has 0 radical (unpaired) electrons. The van der Waals surface area contributed by atoms with Crippen molar-refractivity contribution in [2.24, 2.45) is 0 Å². The van der Waals surface area contributed by atoms with Gasteiger partial charge in [0.25, 0.3) is 0 Å². The third kappa shape index (κ3) is 4.96. The topological polar surface area (TPSA) is 116 Å². The molecule has 4 N–H and O–H groups in total. The van der Waals surface area contributed by atoms with Gasteiger partial charge >= 0.3 is 6.09 Å². The fourth-order valence-electron chi connectivity index (χ4n) is 3.57. The van der Waals surface area contributed by atoms with E-state index in [2.05, 4.69) is 26.9 Å². The van der Waals surface area contributed by atoms with Crippen LogP contribution < -0.4 is 5.73 Å². The van der Waals surface area contributed by atoms with Crippen molar-refractivity contribution in [3.8, 4) is 28.8 Å². The Kier molecular flexibility index (Phi) is 6.19. The number of carboxylic acid groups (broad SMARTS) is 1. The van der Waals surface area contributed by atoms with Gasteiger partial charge in [-0.1, -0.05) is 36.1 Å². The number of piperazine rings is 1. The Morgan fingerprint density at radius 2 is 1.78 bits per heavy atom. The highest BCUT2D eigenvalue weighted by Gasteiger charge is 2.20. The monoisotopic (exact) mass is 429 g/mol. The Hall–Kier alpha value is -4.09. The van der Waals surface area contributed by atoms with Crippen LogP contribution in [0.5, 0.6) is 5.75 Å². The minimum atomic E-state index is -0.863. The molecule has 0 spiro atoms. The molecule has 0 unspecified atom stereocenters. The molecular formula is C24H23N5O3. The van der Waals surface area contributed by atoms with E-state index in [1.54, 1.807) is 24.3 Å². The van der Waals surface area contributed by atoms with Crippen LogP contribution >= 0.6 is 0 Å². The van der Waals surface area contributed by atoms with Crippen LogP contribution in [0.2, 0.25) is 0 Å². The van der Waals surface area contributed by atoms with Gasteiger partial charge in [-0.15, -0.1) is 10.2 Å². The molecule has 1 aliphatic rings. The number of rotatable bonds is 3. The molecule has 1 amide bonds. The van der Waals surface area contributed by atoms with Gasteiger partial charge in [-0.2, -0.15) is 0 Å². The molecule has 3 aromatic rings. The Morgan fingerprint density at radius 1 is 1.00 bits per heavy atom. The van der Waals surface area contributed by atoms with Crippen LogP contribution in [0, 0.1) is 11.8 Å². The summed E-state index contributed by atoms with van der Waals surface area (Å²) in [5.41, 5.74) is 9.51. The van der Waals surface area contributed by atoms with E-state index in [1.165, 1.54) is 4.90 Å². The molecular weight excluding hydrogens is 406 g/mol. The maximum absolute atomic E-state index is 11.1. The smallest absolute Gasteiger partial charge is 0.407 e. The molecule has 1 fully saturated rings. The van der Waals surface area contributed by atoms with Gasteiger partial charge < -0.3 is 20.8 Å². The predicted octanol–water partition coefficient (Wildman–Crippen LogP) is 2.63. The number of hydrogen-bond acceptors (Lipinski definition) is 6. The molecule has 4 rings (SSSR count). The number of carbonyl (C=O) groups is 1. The lowest BCUT2D eigenvalue weighted by Gasteiger charge is -2.33. The second kappa shape index (κ2) is 9.37. The fourth-order valence-corrected chi connectivity index (χ4v) is 3.57. The summed E-state index contributed by atoms with van der Waals surface area (Å²) in [5, 5.41) is 27.2. The number of nitrogen functional groups attached to an aromatic ring is 1. The second-order valence-electron chi connectivity index (χ2n) is 7.54. The van der Waals surface area contributed by atoms with E-state index in [4.69, 9.17) is 10.8 Å². The van der Waals surface area contributed by atoms with Crippen LogP contribution in [0.1, 0.15) is 16.7 Å². The van der Waals surface area contributed by atoms with Crippen LogP contribution in [0.4, 0.5) is 10.6 Å². The van der Waals surface area contributed by atoms with Gasteiger partial charge in [-0.05, 0) is 35.9 Å². The summed E-state index contributed by atoms with van der Waals surface area (Å²) in [7, 11) is 0. The first-order chi connectivity index (χ1) is 15.5. The molecule has 2 heterocycles. The maximum atomic E-state index is 11.1. The number of hydrogen-bond donors (Lipinski definition) is 3. The number of benzene rings is 2. The summed E-state index contributed by atoms with van der Waals surface area (Å²) in [6, 6.07) is 16.5. The number of amides is 1. The summed E-state index contributed by atoms with van der Waals surface area (Å²) in [6.45, 7) is 3.18. The largest absolute Gasteiger partial charge is 0.507 e. The van der Waals surface area contributed by atoms with Gasteiger partial charge in [0.2, 0.25) is 0 Å². The van der Waals surface area contributed by atoms with E-state index in [0.717, 1.165) is 17.7 Å². The van der Waals surface area contributed by atoms with Crippen LogP contribution in [0.25, 0.3) is 11.3 Å². The summed E-state index contributed by atoms with van der Waals surface area (Å²) >= 11 is 0. The van der Waals surface area contributed by atoms with Crippen LogP contribution in [0.15, 0.2) is 54.6 Å². The van der Waals surface area contributed by atoms with Gasteiger partial charge in [0.1, 0.15) is 5.75 Å². The number of nitrogens with two attached hydrogens (primary N) is 1. The number of aromatic nitrogens is 2. The van der Waals surface area contributed by atoms with Crippen LogP contribution in [0.3, 0.4) is 0 Å². The first kappa shape index (κ1) is 21.2. The maximum Gasteiger partial charge on any atom is 0.407 e. The lowest BCUT2D eigenvalue weighted by atomic mass is 10.1. The number of nitrogens with zero attached hydrogens (tertiary/aromatic N) is 4. The third-order valence-electron chi connectivity index (χ3n) is 5.32. The Balaban J connectivity index is 1.49. The zero-order valence-electron chi connectivity index (χ0n) is 17.4. The van der Waals surface area contributed by atoms with Gasteiger partial charge in [0, 0.05) is 43.9 Å². The van der Waals surface area contributed by atoms with E-state index in [1.807, 2.05) is 30.3 Å². The SMILES string of the molecule is Nc1nnc(-c2ccccc2O)cc1C#Cc1cccc(CN2CCN(C(=O)O)CC2)c1. The number of anilines is 1. The summed E-state index contributed by atoms with van der Waals surface area (Å²) in [5.74, 6) is 6.53. The van der Waals surface area contributed by atoms with Crippen LogP contribution in [-0.4, -0.2) is 62.5 Å². The minimum Gasteiger partial charge on any atom is -0.507 e. The van der Waals surface area contributed by atoms with E-state index >= 15 is 0 Å². The normalized spacial score (nSPS) is 13.9. The van der Waals surface area contributed by atoms with Crippen molar-refractivity contribution in [2.75, 3.05) is 31.9 Å².